The van der Waals surface area contributed by atoms with Crippen LogP contribution in [0.4, 0.5) is 4.79 Å². The fourth-order valence-electron chi connectivity index (χ4n) is 4.38. The predicted octanol–water partition coefficient (Wildman–Crippen LogP) is 1.40. The summed E-state index contributed by atoms with van der Waals surface area (Å²) in [6.45, 7) is 2.96. The number of urea groups is 1. The number of ether oxygens (including phenoxy) is 1. The number of fused-ring (bicyclic) bond motifs is 1. The number of aromatic nitrogens is 1. The van der Waals surface area contributed by atoms with Crippen LogP contribution in [-0.2, 0) is 11.4 Å². The lowest BCUT2D eigenvalue weighted by atomic mass is 9.93. The summed E-state index contributed by atoms with van der Waals surface area (Å²) in [5, 5.41) is 11.8. The van der Waals surface area contributed by atoms with Gasteiger partial charge >= 0.3 is 6.03 Å². The van der Waals surface area contributed by atoms with E-state index >= 15 is 0 Å². The Hall–Kier alpha value is -3.98. The second-order valence-electron chi connectivity index (χ2n) is 8.29. The first-order chi connectivity index (χ1) is 15.9. The van der Waals surface area contributed by atoms with Gasteiger partial charge in [0.2, 0.25) is 0 Å². The number of aryl methyl sites for hydroxylation is 1. The fourth-order valence-corrected chi connectivity index (χ4v) is 4.38. The van der Waals surface area contributed by atoms with Crippen molar-refractivity contribution in [1.29, 1.82) is 0 Å². The Balaban J connectivity index is 1.25. The van der Waals surface area contributed by atoms with Crippen LogP contribution in [-0.4, -0.2) is 47.5 Å². The van der Waals surface area contributed by atoms with Crippen molar-refractivity contribution in [2.45, 2.75) is 25.1 Å². The molecule has 0 bridgehead atoms. The van der Waals surface area contributed by atoms with Crippen molar-refractivity contribution in [3.05, 3.63) is 71.4 Å². The number of benzene rings is 2. The van der Waals surface area contributed by atoms with Crippen LogP contribution in [0.2, 0.25) is 0 Å². The number of para-hydroxylation sites is 1. The third-order valence-electron chi connectivity index (χ3n) is 6.06. The minimum absolute atomic E-state index is 0.255. The molecule has 33 heavy (non-hydrogen) atoms. The van der Waals surface area contributed by atoms with Gasteiger partial charge in [-0.15, -0.1) is 0 Å². The maximum atomic E-state index is 12.8. The van der Waals surface area contributed by atoms with E-state index in [2.05, 4.69) is 26.3 Å². The number of nitrogens with one attached hydrogen (secondary N) is 4. The smallest absolute Gasteiger partial charge is 0.322 e. The Bertz CT molecular complexity index is 1260. The van der Waals surface area contributed by atoms with Crippen molar-refractivity contribution in [3.63, 3.8) is 0 Å². The molecule has 2 aliphatic heterocycles. The lowest BCUT2D eigenvalue weighted by Gasteiger charge is -2.27. The van der Waals surface area contributed by atoms with Crippen LogP contribution in [0.25, 0.3) is 10.9 Å². The number of rotatable bonds is 5. The maximum absolute atomic E-state index is 12.8. The molecule has 3 heterocycles. The van der Waals surface area contributed by atoms with E-state index in [-0.39, 0.29) is 12.5 Å². The largest absolute Gasteiger partial charge is 0.489 e. The summed E-state index contributed by atoms with van der Waals surface area (Å²) in [5.41, 5.74) is 2.15. The van der Waals surface area contributed by atoms with E-state index in [4.69, 9.17) is 4.74 Å². The normalized spacial score (nSPS) is 21.8. The van der Waals surface area contributed by atoms with Crippen molar-refractivity contribution in [2.24, 2.45) is 0 Å². The highest BCUT2D eigenvalue weighted by molar-refractivity contribution is 6.08. The Labute approximate surface area is 189 Å². The standard InChI is InChI=1S/C24H23N5O4/c1-14-10-16(18-4-2-3-5-19(18)26-14)12-33-17-8-6-15(7-9-17)21(30)27-20-11-25-13-24(20)22(31)28-23(32)29-24/h2-10,20,25H,11-13H2,1H3,(H,27,30)(H2,28,29,31,32)/t20-,24+/m0/s1. The van der Waals surface area contributed by atoms with Gasteiger partial charge in [-0.05, 0) is 43.3 Å². The van der Waals surface area contributed by atoms with Gasteiger partial charge < -0.3 is 20.7 Å². The van der Waals surface area contributed by atoms with Gasteiger partial charge in [-0.2, -0.15) is 0 Å². The number of amides is 4. The van der Waals surface area contributed by atoms with Gasteiger partial charge in [-0.1, -0.05) is 18.2 Å². The van der Waals surface area contributed by atoms with Gasteiger partial charge in [0, 0.05) is 35.3 Å². The van der Waals surface area contributed by atoms with Crippen LogP contribution in [0.3, 0.4) is 0 Å². The van der Waals surface area contributed by atoms with Crippen LogP contribution < -0.4 is 26.0 Å². The molecule has 2 saturated heterocycles. The van der Waals surface area contributed by atoms with Crippen LogP contribution in [0.15, 0.2) is 54.6 Å². The zero-order valence-corrected chi connectivity index (χ0v) is 18.0. The average molecular weight is 445 g/mol. The van der Waals surface area contributed by atoms with E-state index < -0.39 is 23.5 Å². The highest BCUT2D eigenvalue weighted by atomic mass is 16.5. The summed E-state index contributed by atoms with van der Waals surface area (Å²) in [5.74, 6) is -0.142. The van der Waals surface area contributed by atoms with Gasteiger partial charge in [-0.25, -0.2) is 4.79 Å². The molecule has 5 rings (SSSR count). The predicted molar refractivity (Wildman–Crippen MR) is 121 cm³/mol. The summed E-state index contributed by atoms with van der Waals surface area (Å²) in [4.78, 5) is 41.2. The van der Waals surface area contributed by atoms with E-state index in [0.29, 0.717) is 24.5 Å². The molecule has 2 atom stereocenters. The molecule has 2 aliphatic rings. The van der Waals surface area contributed by atoms with Crippen molar-refractivity contribution < 1.29 is 19.1 Å². The van der Waals surface area contributed by atoms with Crippen LogP contribution in [0.1, 0.15) is 21.6 Å². The van der Waals surface area contributed by atoms with Crippen molar-refractivity contribution in [2.75, 3.05) is 13.1 Å². The molecule has 2 aromatic carbocycles. The molecule has 2 fully saturated rings. The fraction of sp³-hybridized carbons (Fsp3) is 0.250. The van der Waals surface area contributed by atoms with Crippen molar-refractivity contribution in [1.82, 2.24) is 26.3 Å². The van der Waals surface area contributed by atoms with E-state index in [1.54, 1.807) is 24.3 Å². The molecular formula is C24H23N5O4. The number of hydrogen-bond acceptors (Lipinski definition) is 6. The molecule has 4 amide bonds. The molecule has 168 valence electrons. The van der Waals surface area contributed by atoms with Crippen LogP contribution >= 0.6 is 0 Å². The second-order valence-corrected chi connectivity index (χ2v) is 8.29. The van der Waals surface area contributed by atoms with Gasteiger partial charge in [0.05, 0.1) is 11.6 Å². The topological polar surface area (TPSA) is 121 Å². The molecule has 9 heteroatoms. The second kappa shape index (κ2) is 8.18. The number of pyridine rings is 1. The van der Waals surface area contributed by atoms with E-state index in [9.17, 15) is 14.4 Å². The van der Waals surface area contributed by atoms with Crippen molar-refractivity contribution in [3.8, 4) is 5.75 Å². The molecule has 0 aliphatic carbocycles. The quantitative estimate of drug-likeness (QED) is 0.441. The summed E-state index contributed by atoms with van der Waals surface area (Å²) in [7, 11) is 0. The van der Waals surface area contributed by atoms with Gasteiger partial charge in [0.25, 0.3) is 11.8 Å². The third kappa shape index (κ3) is 3.87. The Morgan fingerprint density at radius 3 is 2.73 bits per heavy atom. The zero-order valence-electron chi connectivity index (χ0n) is 18.0. The molecule has 0 radical (unpaired) electrons. The first-order valence-corrected chi connectivity index (χ1v) is 10.7. The van der Waals surface area contributed by atoms with E-state index in [1.165, 1.54) is 0 Å². The Morgan fingerprint density at radius 1 is 1.18 bits per heavy atom. The number of nitrogens with zero attached hydrogens (tertiary/aromatic N) is 1. The average Bonchev–Trinajstić information content (AvgIpc) is 3.33. The number of imide groups is 1. The van der Waals surface area contributed by atoms with Gasteiger partial charge in [0.1, 0.15) is 12.4 Å². The number of hydrogen-bond donors (Lipinski definition) is 4. The first kappa shape index (κ1) is 20.9. The minimum Gasteiger partial charge on any atom is -0.489 e. The van der Waals surface area contributed by atoms with E-state index in [1.807, 2.05) is 37.3 Å². The molecule has 1 spiro atoms. The van der Waals surface area contributed by atoms with Gasteiger partial charge in [0.15, 0.2) is 5.54 Å². The van der Waals surface area contributed by atoms with Gasteiger partial charge in [-0.3, -0.25) is 19.9 Å². The number of carbonyl (C=O) groups excluding carboxylic acids is 3. The highest BCUT2D eigenvalue weighted by Crippen LogP contribution is 2.22. The molecular weight excluding hydrogens is 422 g/mol. The molecule has 3 aromatic rings. The van der Waals surface area contributed by atoms with Crippen LogP contribution in [0, 0.1) is 6.92 Å². The summed E-state index contributed by atoms with van der Waals surface area (Å²) < 4.78 is 5.96. The summed E-state index contributed by atoms with van der Waals surface area (Å²) >= 11 is 0. The summed E-state index contributed by atoms with van der Waals surface area (Å²) in [6.07, 6.45) is 0. The maximum Gasteiger partial charge on any atom is 0.322 e. The molecule has 0 unspecified atom stereocenters. The summed E-state index contributed by atoms with van der Waals surface area (Å²) in [6, 6.07) is 15.6. The minimum atomic E-state index is -1.17. The van der Waals surface area contributed by atoms with Crippen LogP contribution in [0.5, 0.6) is 5.75 Å². The highest BCUT2D eigenvalue weighted by Gasteiger charge is 2.55. The molecule has 1 aromatic heterocycles. The van der Waals surface area contributed by atoms with E-state index in [0.717, 1.165) is 22.2 Å². The SMILES string of the molecule is Cc1cc(COc2ccc(C(=O)N[C@H]3CNC[C@@]34NC(=O)NC4=O)cc2)c2ccccc2n1. The molecule has 4 N–H and O–H groups in total. The third-order valence-corrected chi connectivity index (χ3v) is 6.06. The molecule has 9 nitrogen and oxygen atoms in total. The number of carbonyl (C=O) groups is 3. The Kier molecular flexibility index (Phi) is 5.18. The lowest BCUT2D eigenvalue weighted by Crippen LogP contribution is -2.62. The Morgan fingerprint density at radius 2 is 1.97 bits per heavy atom. The lowest BCUT2D eigenvalue weighted by molar-refractivity contribution is -0.123. The van der Waals surface area contributed by atoms with Crippen molar-refractivity contribution >= 4 is 28.7 Å². The first-order valence-electron chi connectivity index (χ1n) is 10.7. The monoisotopic (exact) mass is 445 g/mol. The molecule has 0 saturated carbocycles. The zero-order chi connectivity index (χ0) is 23.0.